The quantitative estimate of drug-likeness (QED) is 0.679. The van der Waals surface area contributed by atoms with Crippen LogP contribution in [0.25, 0.3) is 10.9 Å². The molecule has 4 heteroatoms. The van der Waals surface area contributed by atoms with Crippen molar-refractivity contribution >= 4 is 16.8 Å². The molecular formula is C16H11NO3. The van der Waals surface area contributed by atoms with Crippen molar-refractivity contribution in [2.24, 2.45) is 0 Å². The maximum Gasteiger partial charge on any atom is 0.262 e. The lowest BCUT2D eigenvalue weighted by Crippen LogP contribution is -2.10. The number of rotatable bonds is 1. The minimum Gasteiger partial charge on any atom is -0.454 e. The number of ether oxygens (including phenoxy) is 2. The van der Waals surface area contributed by atoms with Gasteiger partial charge in [-0.15, -0.1) is 0 Å². The van der Waals surface area contributed by atoms with Crippen LogP contribution >= 0.6 is 0 Å². The second kappa shape index (κ2) is 4.13. The van der Waals surface area contributed by atoms with Crippen molar-refractivity contribution in [1.82, 2.24) is 4.57 Å². The van der Waals surface area contributed by atoms with E-state index in [2.05, 4.69) is 0 Å². The topological polar surface area (TPSA) is 40.5 Å². The van der Waals surface area contributed by atoms with Crippen LogP contribution in [0, 0.1) is 0 Å². The maximum absolute atomic E-state index is 12.6. The van der Waals surface area contributed by atoms with Gasteiger partial charge in [-0.3, -0.25) is 9.36 Å². The van der Waals surface area contributed by atoms with E-state index in [1.54, 1.807) is 29.0 Å². The SMILES string of the molecule is O=C(c1ccc2c(c1)OCO2)n1ccc2ccccc21. The minimum atomic E-state index is -0.0792. The average Bonchev–Trinajstić information content (AvgIpc) is 3.12. The summed E-state index contributed by atoms with van der Waals surface area (Å²) in [5.74, 6) is 1.22. The summed E-state index contributed by atoms with van der Waals surface area (Å²) in [6.45, 7) is 0.208. The first kappa shape index (κ1) is 11.1. The second-order valence-electron chi connectivity index (χ2n) is 4.62. The molecule has 4 rings (SSSR count). The van der Waals surface area contributed by atoms with E-state index in [4.69, 9.17) is 9.47 Å². The molecule has 0 bridgehead atoms. The molecule has 1 aromatic heterocycles. The fraction of sp³-hybridized carbons (Fsp3) is 0.0625. The molecule has 0 atom stereocenters. The molecule has 0 saturated carbocycles. The first-order chi connectivity index (χ1) is 9.83. The van der Waals surface area contributed by atoms with Crippen LogP contribution in [-0.2, 0) is 0 Å². The average molecular weight is 265 g/mol. The van der Waals surface area contributed by atoms with Gasteiger partial charge in [0, 0.05) is 17.1 Å². The van der Waals surface area contributed by atoms with Gasteiger partial charge in [0.15, 0.2) is 11.5 Å². The highest BCUT2D eigenvalue weighted by atomic mass is 16.7. The molecule has 0 aliphatic carbocycles. The molecule has 0 saturated heterocycles. The van der Waals surface area contributed by atoms with Crippen molar-refractivity contribution < 1.29 is 14.3 Å². The summed E-state index contributed by atoms with van der Waals surface area (Å²) in [6, 6.07) is 15.0. The van der Waals surface area contributed by atoms with Gasteiger partial charge in [-0.05, 0) is 30.3 Å². The molecule has 1 aliphatic rings. The standard InChI is InChI=1S/C16H11NO3/c18-16(12-5-6-14-15(9-12)20-10-19-14)17-8-7-11-3-1-2-4-13(11)17/h1-9H,10H2. The lowest BCUT2D eigenvalue weighted by molar-refractivity contribution is 0.0964. The maximum atomic E-state index is 12.6. The summed E-state index contributed by atoms with van der Waals surface area (Å²) in [5, 5.41) is 1.04. The Labute approximate surface area is 115 Å². The first-order valence-corrected chi connectivity index (χ1v) is 6.33. The van der Waals surface area contributed by atoms with Crippen LogP contribution in [0.5, 0.6) is 11.5 Å². The molecule has 98 valence electrons. The van der Waals surface area contributed by atoms with E-state index in [9.17, 15) is 4.79 Å². The van der Waals surface area contributed by atoms with Gasteiger partial charge in [-0.1, -0.05) is 18.2 Å². The molecule has 0 N–H and O–H groups in total. The Balaban J connectivity index is 1.80. The van der Waals surface area contributed by atoms with Crippen molar-refractivity contribution in [3.8, 4) is 11.5 Å². The van der Waals surface area contributed by atoms with Crippen molar-refractivity contribution in [3.05, 3.63) is 60.3 Å². The lowest BCUT2D eigenvalue weighted by atomic mass is 10.2. The van der Waals surface area contributed by atoms with E-state index in [0.29, 0.717) is 17.1 Å². The normalized spacial score (nSPS) is 12.8. The van der Waals surface area contributed by atoms with Crippen LogP contribution in [-0.4, -0.2) is 17.3 Å². The molecule has 0 amide bonds. The number of hydrogen-bond acceptors (Lipinski definition) is 3. The highest BCUT2D eigenvalue weighted by Gasteiger charge is 2.17. The zero-order valence-electron chi connectivity index (χ0n) is 10.6. The third-order valence-electron chi connectivity index (χ3n) is 3.44. The molecule has 0 unspecified atom stereocenters. The summed E-state index contributed by atoms with van der Waals surface area (Å²) < 4.78 is 12.2. The number of aromatic nitrogens is 1. The Morgan fingerprint density at radius 2 is 1.85 bits per heavy atom. The van der Waals surface area contributed by atoms with Gasteiger partial charge in [0.2, 0.25) is 6.79 Å². The number of carbonyl (C=O) groups is 1. The van der Waals surface area contributed by atoms with E-state index in [1.165, 1.54) is 0 Å². The number of para-hydroxylation sites is 1. The third kappa shape index (κ3) is 1.58. The van der Waals surface area contributed by atoms with E-state index in [-0.39, 0.29) is 12.7 Å². The van der Waals surface area contributed by atoms with Gasteiger partial charge in [0.25, 0.3) is 5.91 Å². The van der Waals surface area contributed by atoms with Gasteiger partial charge >= 0.3 is 0 Å². The van der Waals surface area contributed by atoms with E-state index < -0.39 is 0 Å². The summed E-state index contributed by atoms with van der Waals surface area (Å²) in [5.41, 5.74) is 1.48. The molecule has 3 aromatic rings. The van der Waals surface area contributed by atoms with E-state index >= 15 is 0 Å². The Kier molecular flexibility index (Phi) is 2.29. The lowest BCUT2D eigenvalue weighted by Gasteiger charge is -2.05. The molecule has 0 spiro atoms. The van der Waals surface area contributed by atoms with Crippen LogP contribution in [0.15, 0.2) is 54.7 Å². The molecule has 20 heavy (non-hydrogen) atoms. The van der Waals surface area contributed by atoms with Gasteiger partial charge in [-0.25, -0.2) is 0 Å². The van der Waals surface area contributed by atoms with Crippen LogP contribution in [0.4, 0.5) is 0 Å². The zero-order valence-corrected chi connectivity index (χ0v) is 10.6. The monoisotopic (exact) mass is 265 g/mol. The highest BCUT2D eigenvalue weighted by Crippen LogP contribution is 2.33. The van der Waals surface area contributed by atoms with Crippen LogP contribution in [0.3, 0.4) is 0 Å². The van der Waals surface area contributed by atoms with Crippen molar-refractivity contribution in [1.29, 1.82) is 0 Å². The van der Waals surface area contributed by atoms with E-state index in [0.717, 1.165) is 10.9 Å². The number of nitrogens with zero attached hydrogens (tertiary/aromatic N) is 1. The van der Waals surface area contributed by atoms with Crippen molar-refractivity contribution in [2.75, 3.05) is 6.79 Å². The highest BCUT2D eigenvalue weighted by molar-refractivity contribution is 6.02. The summed E-state index contributed by atoms with van der Waals surface area (Å²) in [6.07, 6.45) is 1.79. The largest absolute Gasteiger partial charge is 0.454 e. The Bertz CT molecular complexity index is 819. The van der Waals surface area contributed by atoms with Crippen molar-refractivity contribution in [2.45, 2.75) is 0 Å². The summed E-state index contributed by atoms with van der Waals surface area (Å²) in [7, 11) is 0. The van der Waals surface area contributed by atoms with Gasteiger partial charge in [0.1, 0.15) is 0 Å². The molecule has 1 aliphatic heterocycles. The third-order valence-corrected chi connectivity index (χ3v) is 3.44. The zero-order chi connectivity index (χ0) is 13.5. The van der Waals surface area contributed by atoms with Crippen LogP contribution in [0.1, 0.15) is 10.4 Å². The Morgan fingerprint density at radius 3 is 2.80 bits per heavy atom. The Hall–Kier alpha value is -2.75. The van der Waals surface area contributed by atoms with Gasteiger partial charge in [0.05, 0.1) is 5.52 Å². The van der Waals surface area contributed by atoms with Crippen LogP contribution in [0.2, 0.25) is 0 Å². The number of carbonyl (C=O) groups excluding carboxylic acids is 1. The summed E-state index contributed by atoms with van der Waals surface area (Å²) >= 11 is 0. The van der Waals surface area contributed by atoms with Gasteiger partial charge in [-0.2, -0.15) is 0 Å². The molecular weight excluding hydrogens is 254 g/mol. The predicted octanol–water partition coefficient (Wildman–Crippen LogP) is 3.06. The summed E-state index contributed by atoms with van der Waals surface area (Å²) in [4.78, 5) is 12.6. The minimum absolute atomic E-state index is 0.0792. The number of fused-ring (bicyclic) bond motifs is 2. The molecule has 4 nitrogen and oxygen atoms in total. The Morgan fingerprint density at radius 1 is 1.00 bits per heavy atom. The van der Waals surface area contributed by atoms with Gasteiger partial charge < -0.3 is 9.47 Å². The fourth-order valence-electron chi connectivity index (χ4n) is 2.43. The second-order valence-corrected chi connectivity index (χ2v) is 4.62. The molecule has 2 aromatic carbocycles. The van der Waals surface area contributed by atoms with Crippen molar-refractivity contribution in [3.63, 3.8) is 0 Å². The number of hydrogen-bond donors (Lipinski definition) is 0. The molecule has 2 heterocycles. The smallest absolute Gasteiger partial charge is 0.262 e. The first-order valence-electron chi connectivity index (χ1n) is 6.33. The number of benzene rings is 2. The molecule has 0 fully saturated rings. The van der Waals surface area contributed by atoms with E-state index in [1.807, 2.05) is 30.3 Å². The van der Waals surface area contributed by atoms with Crippen LogP contribution < -0.4 is 9.47 Å². The fourth-order valence-corrected chi connectivity index (χ4v) is 2.43. The predicted molar refractivity (Wildman–Crippen MR) is 74.2 cm³/mol. The molecule has 0 radical (unpaired) electrons.